The molecule has 9 nitrogen and oxygen atoms in total. The summed E-state index contributed by atoms with van der Waals surface area (Å²) in [5.74, 6) is -1.33. The Bertz CT molecular complexity index is 1220. The number of amides is 1. The Balaban J connectivity index is 1.69. The first-order valence-electron chi connectivity index (χ1n) is 9.78. The summed E-state index contributed by atoms with van der Waals surface area (Å²) >= 11 is 0. The number of aryl methyl sites for hydroxylation is 1. The second kappa shape index (κ2) is 9.27. The number of esters is 1. The highest BCUT2D eigenvalue weighted by Crippen LogP contribution is 2.23. The quantitative estimate of drug-likeness (QED) is 0.515. The van der Waals surface area contributed by atoms with Crippen LogP contribution in [0.1, 0.15) is 29.9 Å². The average Bonchev–Trinajstić information content (AvgIpc) is 3.18. The number of anilines is 1. The molecular formula is C21H24N4O5S. The Morgan fingerprint density at radius 3 is 2.55 bits per heavy atom. The molecule has 10 heteroatoms. The van der Waals surface area contributed by atoms with Gasteiger partial charge in [-0.15, -0.1) is 0 Å². The van der Waals surface area contributed by atoms with Gasteiger partial charge < -0.3 is 10.1 Å². The lowest BCUT2D eigenvalue weighted by atomic mass is 10.2. The maximum absolute atomic E-state index is 12.8. The number of hydrogen-bond acceptors (Lipinski definition) is 6. The summed E-state index contributed by atoms with van der Waals surface area (Å²) in [5, 5.41) is 9.83. The minimum atomic E-state index is -3.68. The Morgan fingerprint density at radius 1 is 1.13 bits per heavy atom. The van der Waals surface area contributed by atoms with Gasteiger partial charge in [0.15, 0.2) is 12.3 Å². The predicted octanol–water partition coefficient (Wildman–Crippen LogP) is 2.70. The fourth-order valence-corrected chi connectivity index (χ4v) is 4.88. The molecule has 1 aromatic heterocycles. The van der Waals surface area contributed by atoms with E-state index in [1.54, 1.807) is 57.2 Å². The van der Waals surface area contributed by atoms with E-state index in [4.69, 9.17) is 4.74 Å². The molecule has 0 bridgehead atoms. The topological polar surface area (TPSA) is 121 Å². The number of para-hydroxylation sites is 1. The van der Waals surface area contributed by atoms with E-state index < -0.39 is 28.5 Å². The number of sulfonamides is 1. The largest absolute Gasteiger partial charge is 0.451 e. The van der Waals surface area contributed by atoms with Crippen molar-refractivity contribution in [3.8, 4) is 0 Å². The lowest BCUT2D eigenvalue weighted by molar-refractivity contribution is -0.119. The van der Waals surface area contributed by atoms with Gasteiger partial charge in [-0.2, -0.15) is 9.40 Å². The molecule has 3 aromatic rings. The number of aromatic amines is 1. The van der Waals surface area contributed by atoms with Gasteiger partial charge in [0.05, 0.1) is 10.4 Å². The first-order valence-corrected chi connectivity index (χ1v) is 11.2. The number of H-pyrrole nitrogens is 1. The van der Waals surface area contributed by atoms with Crippen LogP contribution in [0.3, 0.4) is 0 Å². The van der Waals surface area contributed by atoms with Gasteiger partial charge in [-0.05, 0) is 30.7 Å². The zero-order valence-corrected chi connectivity index (χ0v) is 18.3. The van der Waals surface area contributed by atoms with E-state index in [1.807, 2.05) is 0 Å². The highest BCUT2D eigenvalue weighted by molar-refractivity contribution is 7.89. The van der Waals surface area contributed by atoms with Crippen molar-refractivity contribution >= 4 is 38.5 Å². The first kappa shape index (κ1) is 22.4. The van der Waals surface area contributed by atoms with Crippen molar-refractivity contribution < 1.29 is 22.7 Å². The number of aromatic nitrogens is 2. The van der Waals surface area contributed by atoms with E-state index in [0.29, 0.717) is 35.2 Å². The molecule has 1 amide bonds. The summed E-state index contributed by atoms with van der Waals surface area (Å²) in [7, 11) is -3.68. The summed E-state index contributed by atoms with van der Waals surface area (Å²) in [6.45, 7) is 5.36. The number of fused-ring (bicyclic) bond motifs is 1. The Morgan fingerprint density at radius 2 is 1.84 bits per heavy atom. The number of ether oxygens (including phenoxy) is 1. The molecule has 0 atom stereocenters. The minimum absolute atomic E-state index is 0.0892. The van der Waals surface area contributed by atoms with Gasteiger partial charge in [0.2, 0.25) is 10.0 Å². The van der Waals surface area contributed by atoms with Crippen LogP contribution in [-0.4, -0.2) is 54.5 Å². The number of nitrogens with one attached hydrogen (secondary N) is 2. The zero-order chi connectivity index (χ0) is 22.6. The number of hydrogen-bond donors (Lipinski definition) is 2. The maximum atomic E-state index is 12.8. The molecule has 0 aliphatic carbocycles. The van der Waals surface area contributed by atoms with Crippen LogP contribution >= 0.6 is 0 Å². The van der Waals surface area contributed by atoms with Gasteiger partial charge in [0, 0.05) is 24.2 Å². The van der Waals surface area contributed by atoms with Crippen molar-refractivity contribution in [2.24, 2.45) is 0 Å². The van der Waals surface area contributed by atoms with E-state index in [9.17, 15) is 18.0 Å². The number of benzene rings is 2. The van der Waals surface area contributed by atoms with Gasteiger partial charge >= 0.3 is 5.97 Å². The maximum Gasteiger partial charge on any atom is 0.359 e. The Labute approximate surface area is 180 Å². The van der Waals surface area contributed by atoms with Gasteiger partial charge in [-0.3, -0.25) is 9.89 Å². The molecule has 164 valence electrons. The van der Waals surface area contributed by atoms with Crippen LogP contribution in [0.5, 0.6) is 0 Å². The van der Waals surface area contributed by atoms with E-state index >= 15 is 0 Å². The van der Waals surface area contributed by atoms with Crippen LogP contribution in [0.2, 0.25) is 0 Å². The SMILES string of the molecule is CCN(CC)S(=O)(=O)c1cc(NC(=O)COC(=O)c2n[nH]c3ccccc23)ccc1C. The van der Waals surface area contributed by atoms with Crippen LogP contribution in [-0.2, 0) is 19.6 Å². The van der Waals surface area contributed by atoms with Gasteiger partial charge in [-0.25, -0.2) is 13.2 Å². The third-order valence-corrected chi connectivity index (χ3v) is 6.99. The molecule has 0 saturated carbocycles. The second-order valence-corrected chi connectivity index (χ2v) is 8.72. The number of rotatable bonds is 8. The molecule has 0 aliphatic rings. The van der Waals surface area contributed by atoms with E-state index in [-0.39, 0.29) is 10.6 Å². The lowest BCUT2D eigenvalue weighted by Gasteiger charge is -2.20. The number of carbonyl (C=O) groups is 2. The molecule has 0 spiro atoms. The average molecular weight is 445 g/mol. The monoisotopic (exact) mass is 444 g/mol. The minimum Gasteiger partial charge on any atom is -0.451 e. The van der Waals surface area contributed by atoms with Crippen LogP contribution in [0.25, 0.3) is 10.9 Å². The molecule has 31 heavy (non-hydrogen) atoms. The Hall–Kier alpha value is -3.24. The highest BCUT2D eigenvalue weighted by Gasteiger charge is 2.24. The molecule has 2 aromatic carbocycles. The molecule has 0 aliphatic heterocycles. The van der Waals surface area contributed by atoms with Crippen molar-refractivity contribution in [2.75, 3.05) is 25.0 Å². The summed E-state index contributed by atoms with van der Waals surface area (Å²) in [6.07, 6.45) is 0. The summed E-state index contributed by atoms with van der Waals surface area (Å²) in [6, 6.07) is 11.7. The third kappa shape index (κ3) is 4.75. The predicted molar refractivity (Wildman–Crippen MR) is 116 cm³/mol. The molecule has 3 rings (SSSR count). The standard InChI is InChI=1S/C21H24N4O5S/c1-4-25(5-2)31(28,29)18-12-15(11-10-14(18)3)22-19(26)13-30-21(27)20-16-8-6-7-9-17(16)23-24-20/h6-12H,4-5,13H2,1-3H3,(H,22,26)(H,23,24). The number of carbonyl (C=O) groups excluding carboxylic acids is 2. The van der Waals surface area contributed by atoms with E-state index in [0.717, 1.165) is 0 Å². The fourth-order valence-electron chi connectivity index (χ4n) is 3.17. The van der Waals surface area contributed by atoms with Crippen LogP contribution in [0.15, 0.2) is 47.4 Å². The molecule has 0 saturated heterocycles. The van der Waals surface area contributed by atoms with E-state index in [1.165, 1.54) is 10.4 Å². The lowest BCUT2D eigenvalue weighted by Crippen LogP contribution is -2.31. The molecule has 0 unspecified atom stereocenters. The molecule has 0 radical (unpaired) electrons. The summed E-state index contributed by atoms with van der Waals surface area (Å²) < 4.78 is 32.1. The molecule has 2 N–H and O–H groups in total. The van der Waals surface area contributed by atoms with Crippen molar-refractivity contribution in [1.82, 2.24) is 14.5 Å². The second-order valence-electron chi connectivity index (χ2n) is 6.81. The van der Waals surface area contributed by atoms with Gasteiger partial charge in [0.1, 0.15) is 0 Å². The highest BCUT2D eigenvalue weighted by atomic mass is 32.2. The number of nitrogens with zero attached hydrogens (tertiary/aromatic N) is 2. The fraction of sp³-hybridized carbons (Fsp3) is 0.286. The van der Waals surface area contributed by atoms with Crippen molar-refractivity contribution in [1.29, 1.82) is 0 Å². The molecule has 0 fully saturated rings. The van der Waals surface area contributed by atoms with Crippen LogP contribution < -0.4 is 5.32 Å². The normalized spacial score (nSPS) is 11.6. The van der Waals surface area contributed by atoms with Crippen LogP contribution in [0, 0.1) is 6.92 Å². The molecular weight excluding hydrogens is 420 g/mol. The van der Waals surface area contributed by atoms with Crippen molar-refractivity contribution in [3.63, 3.8) is 0 Å². The third-order valence-electron chi connectivity index (χ3n) is 4.79. The van der Waals surface area contributed by atoms with Crippen molar-refractivity contribution in [2.45, 2.75) is 25.7 Å². The van der Waals surface area contributed by atoms with E-state index in [2.05, 4.69) is 15.5 Å². The molecule has 1 heterocycles. The van der Waals surface area contributed by atoms with Crippen molar-refractivity contribution in [3.05, 3.63) is 53.7 Å². The van der Waals surface area contributed by atoms with Crippen LogP contribution in [0.4, 0.5) is 5.69 Å². The van der Waals surface area contributed by atoms with Gasteiger partial charge in [-0.1, -0.05) is 38.1 Å². The first-order chi connectivity index (χ1) is 14.8. The smallest absolute Gasteiger partial charge is 0.359 e. The summed E-state index contributed by atoms with van der Waals surface area (Å²) in [4.78, 5) is 24.7. The summed E-state index contributed by atoms with van der Waals surface area (Å²) in [5.41, 5.74) is 1.64. The zero-order valence-electron chi connectivity index (χ0n) is 17.5. The van der Waals surface area contributed by atoms with Gasteiger partial charge in [0.25, 0.3) is 5.91 Å². The Kier molecular flexibility index (Phi) is 6.71.